The Morgan fingerprint density at radius 2 is 2.00 bits per heavy atom. The number of carboxylic acids is 1. The van der Waals surface area contributed by atoms with Crippen molar-refractivity contribution in [1.29, 1.82) is 0 Å². The summed E-state index contributed by atoms with van der Waals surface area (Å²) < 4.78 is 0.792. The number of benzene rings is 1. The van der Waals surface area contributed by atoms with Crippen molar-refractivity contribution in [3.05, 3.63) is 28.7 Å². The molecule has 1 aliphatic carbocycles. The van der Waals surface area contributed by atoms with Gasteiger partial charge in [0.15, 0.2) is 0 Å². The standard InChI is InChI=1S/C13H15BrN2O3/c14-9-4-1-2-5-10(9)16-11(17)8-15-13(12(18)19)6-3-7-13/h1-2,4-5,15H,3,6-8H2,(H,16,17)(H,18,19). The number of carboxylic acid groups (broad SMARTS) is 1. The summed E-state index contributed by atoms with van der Waals surface area (Å²) in [6, 6.07) is 7.27. The van der Waals surface area contributed by atoms with Crippen molar-refractivity contribution in [3.63, 3.8) is 0 Å². The smallest absolute Gasteiger partial charge is 0.323 e. The van der Waals surface area contributed by atoms with Crippen LogP contribution in [0.25, 0.3) is 0 Å². The number of para-hydroxylation sites is 1. The van der Waals surface area contributed by atoms with Gasteiger partial charge < -0.3 is 10.4 Å². The van der Waals surface area contributed by atoms with Crippen LogP contribution in [0.5, 0.6) is 0 Å². The first-order valence-electron chi connectivity index (χ1n) is 6.06. The van der Waals surface area contributed by atoms with Crippen LogP contribution in [0.1, 0.15) is 19.3 Å². The molecule has 1 aromatic carbocycles. The number of hydrogen-bond donors (Lipinski definition) is 3. The van der Waals surface area contributed by atoms with E-state index in [0.29, 0.717) is 18.5 Å². The lowest BCUT2D eigenvalue weighted by molar-refractivity contribution is -0.148. The highest BCUT2D eigenvalue weighted by atomic mass is 79.9. The Kier molecular flexibility index (Phi) is 4.21. The maximum atomic E-state index is 11.8. The summed E-state index contributed by atoms with van der Waals surface area (Å²) >= 11 is 3.33. The maximum absolute atomic E-state index is 11.8. The molecule has 0 radical (unpaired) electrons. The van der Waals surface area contributed by atoms with Gasteiger partial charge in [-0.15, -0.1) is 0 Å². The lowest BCUT2D eigenvalue weighted by atomic mass is 9.77. The first-order chi connectivity index (χ1) is 9.03. The zero-order valence-electron chi connectivity index (χ0n) is 10.3. The van der Waals surface area contributed by atoms with Gasteiger partial charge in [-0.3, -0.25) is 14.9 Å². The molecular formula is C13H15BrN2O3. The highest BCUT2D eigenvalue weighted by Crippen LogP contribution is 2.31. The molecular weight excluding hydrogens is 312 g/mol. The van der Waals surface area contributed by atoms with Gasteiger partial charge in [0.1, 0.15) is 5.54 Å². The minimum absolute atomic E-state index is 0.00632. The fraction of sp³-hybridized carbons (Fsp3) is 0.385. The van der Waals surface area contributed by atoms with Crippen molar-refractivity contribution in [2.75, 3.05) is 11.9 Å². The second-order valence-corrected chi connectivity index (χ2v) is 5.48. The van der Waals surface area contributed by atoms with E-state index in [1.165, 1.54) is 0 Å². The quantitative estimate of drug-likeness (QED) is 0.773. The number of anilines is 1. The molecule has 0 atom stereocenters. The third kappa shape index (κ3) is 3.13. The second-order valence-electron chi connectivity index (χ2n) is 4.62. The number of carbonyl (C=O) groups is 2. The third-order valence-electron chi connectivity index (χ3n) is 3.35. The SMILES string of the molecule is O=C(CNC1(C(=O)O)CCC1)Nc1ccccc1Br. The fourth-order valence-electron chi connectivity index (χ4n) is 2.00. The number of hydrogen-bond acceptors (Lipinski definition) is 3. The van der Waals surface area contributed by atoms with E-state index in [4.69, 9.17) is 5.11 Å². The van der Waals surface area contributed by atoms with Crippen LogP contribution in [-0.4, -0.2) is 29.1 Å². The molecule has 1 saturated carbocycles. The molecule has 0 saturated heterocycles. The average Bonchev–Trinajstić information content (AvgIpc) is 2.30. The van der Waals surface area contributed by atoms with Gasteiger partial charge in [-0.25, -0.2) is 0 Å². The van der Waals surface area contributed by atoms with Crippen LogP contribution in [0.3, 0.4) is 0 Å². The van der Waals surface area contributed by atoms with Crippen molar-refractivity contribution >= 4 is 33.5 Å². The molecule has 0 unspecified atom stereocenters. The molecule has 5 nitrogen and oxygen atoms in total. The predicted molar refractivity (Wildman–Crippen MR) is 75.0 cm³/mol. The lowest BCUT2D eigenvalue weighted by Crippen LogP contribution is -2.58. The molecule has 0 aromatic heterocycles. The summed E-state index contributed by atoms with van der Waals surface area (Å²) in [6.07, 6.45) is 2.03. The Morgan fingerprint density at radius 3 is 2.53 bits per heavy atom. The fourth-order valence-corrected chi connectivity index (χ4v) is 2.39. The summed E-state index contributed by atoms with van der Waals surface area (Å²) in [6.45, 7) is -0.00632. The molecule has 0 spiro atoms. The number of nitrogens with one attached hydrogen (secondary N) is 2. The molecule has 0 bridgehead atoms. The van der Waals surface area contributed by atoms with E-state index in [2.05, 4.69) is 26.6 Å². The van der Waals surface area contributed by atoms with Crippen molar-refractivity contribution in [2.45, 2.75) is 24.8 Å². The van der Waals surface area contributed by atoms with Crippen LogP contribution in [0.4, 0.5) is 5.69 Å². The van der Waals surface area contributed by atoms with E-state index in [-0.39, 0.29) is 12.5 Å². The van der Waals surface area contributed by atoms with Gasteiger partial charge in [0, 0.05) is 4.47 Å². The first-order valence-corrected chi connectivity index (χ1v) is 6.86. The van der Waals surface area contributed by atoms with E-state index in [1.807, 2.05) is 18.2 Å². The van der Waals surface area contributed by atoms with E-state index >= 15 is 0 Å². The summed E-state index contributed by atoms with van der Waals surface area (Å²) in [4.78, 5) is 22.9. The Hall–Kier alpha value is -1.40. The van der Waals surface area contributed by atoms with Crippen molar-refractivity contribution in [1.82, 2.24) is 5.32 Å². The molecule has 3 N–H and O–H groups in total. The molecule has 102 valence electrons. The number of aliphatic carboxylic acids is 1. The van der Waals surface area contributed by atoms with Crippen LogP contribution >= 0.6 is 15.9 Å². The van der Waals surface area contributed by atoms with Crippen LogP contribution in [-0.2, 0) is 9.59 Å². The summed E-state index contributed by atoms with van der Waals surface area (Å²) in [5.74, 6) is -1.13. The molecule has 1 amide bonds. The van der Waals surface area contributed by atoms with Crippen LogP contribution in [0, 0.1) is 0 Å². The third-order valence-corrected chi connectivity index (χ3v) is 4.04. The van der Waals surface area contributed by atoms with Gasteiger partial charge in [-0.1, -0.05) is 12.1 Å². The minimum atomic E-state index is -0.911. The summed E-state index contributed by atoms with van der Waals surface area (Å²) in [7, 11) is 0. The lowest BCUT2D eigenvalue weighted by Gasteiger charge is -2.38. The minimum Gasteiger partial charge on any atom is -0.480 e. The van der Waals surface area contributed by atoms with Crippen molar-refractivity contribution < 1.29 is 14.7 Å². The second kappa shape index (κ2) is 5.71. The highest BCUT2D eigenvalue weighted by Gasteiger charge is 2.44. The zero-order chi connectivity index (χ0) is 13.9. The Balaban J connectivity index is 1.89. The Morgan fingerprint density at radius 1 is 1.32 bits per heavy atom. The van der Waals surface area contributed by atoms with Gasteiger partial charge in [0.05, 0.1) is 12.2 Å². The Bertz CT molecular complexity index is 500. The predicted octanol–water partition coefficient (Wildman–Crippen LogP) is 1.98. The zero-order valence-corrected chi connectivity index (χ0v) is 11.9. The van der Waals surface area contributed by atoms with Gasteiger partial charge in [-0.05, 0) is 47.3 Å². The van der Waals surface area contributed by atoms with Gasteiger partial charge in [0.25, 0.3) is 0 Å². The summed E-state index contributed by atoms with van der Waals surface area (Å²) in [5, 5.41) is 14.7. The monoisotopic (exact) mass is 326 g/mol. The normalized spacial score (nSPS) is 16.5. The number of rotatable bonds is 5. The molecule has 0 heterocycles. The van der Waals surface area contributed by atoms with Crippen molar-refractivity contribution in [3.8, 4) is 0 Å². The van der Waals surface area contributed by atoms with Crippen LogP contribution in [0.2, 0.25) is 0 Å². The van der Waals surface area contributed by atoms with E-state index < -0.39 is 11.5 Å². The highest BCUT2D eigenvalue weighted by molar-refractivity contribution is 9.10. The molecule has 1 aliphatic rings. The van der Waals surface area contributed by atoms with Crippen molar-refractivity contribution in [2.24, 2.45) is 0 Å². The van der Waals surface area contributed by atoms with Gasteiger partial charge in [-0.2, -0.15) is 0 Å². The van der Waals surface area contributed by atoms with E-state index in [0.717, 1.165) is 10.9 Å². The average molecular weight is 327 g/mol. The molecule has 19 heavy (non-hydrogen) atoms. The molecule has 2 rings (SSSR count). The number of halogens is 1. The molecule has 0 aliphatic heterocycles. The van der Waals surface area contributed by atoms with Crippen LogP contribution < -0.4 is 10.6 Å². The largest absolute Gasteiger partial charge is 0.480 e. The Labute approximate surface area is 119 Å². The first kappa shape index (κ1) is 14.0. The van der Waals surface area contributed by atoms with Gasteiger partial charge >= 0.3 is 5.97 Å². The molecule has 1 aromatic rings. The summed E-state index contributed by atoms with van der Waals surface area (Å²) in [5.41, 5.74) is -0.238. The number of amides is 1. The van der Waals surface area contributed by atoms with E-state index in [1.54, 1.807) is 6.07 Å². The molecule has 1 fully saturated rings. The van der Waals surface area contributed by atoms with Gasteiger partial charge in [0.2, 0.25) is 5.91 Å². The van der Waals surface area contributed by atoms with Crippen LogP contribution in [0.15, 0.2) is 28.7 Å². The number of carbonyl (C=O) groups excluding carboxylic acids is 1. The topological polar surface area (TPSA) is 78.4 Å². The van der Waals surface area contributed by atoms with E-state index in [9.17, 15) is 9.59 Å². The molecule has 6 heteroatoms. The maximum Gasteiger partial charge on any atom is 0.323 e.